The minimum absolute atomic E-state index is 0.412. The average molecular weight is 276 g/mol. The molecule has 2 rings (SSSR count). The summed E-state index contributed by atoms with van der Waals surface area (Å²) in [6.45, 7) is 5.21. The molecule has 106 valence electrons. The lowest BCUT2D eigenvalue weighted by atomic mass is 10.1. The van der Waals surface area contributed by atoms with E-state index in [4.69, 9.17) is 9.15 Å². The summed E-state index contributed by atoms with van der Waals surface area (Å²) >= 11 is 0. The number of fused-ring (bicyclic) bond motifs is 1. The van der Waals surface area contributed by atoms with Gasteiger partial charge in [-0.2, -0.15) is 0 Å². The Balaban J connectivity index is 1.96. The first kappa shape index (κ1) is 13.9. The van der Waals surface area contributed by atoms with Crippen molar-refractivity contribution in [3.8, 4) is 0 Å². The van der Waals surface area contributed by atoms with E-state index >= 15 is 0 Å². The number of hydrogen-bond acceptors (Lipinski definition) is 4. The predicted molar refractivity (Wildman–Crippen MR) is 73.0 cm³/mol. The highest BCUT2D eigenvalue weighted by Gasteiger charge is 2.16. The van der Waals surface area contributed by atoms with Gasteiger partial charge < -0.3 is 9.15 Å². The molecule has 0 aliphatic carbocycles. The molecule has 1 aromatic heterocycles. The molecular weight excluding hydrogens is 260 g/mol. The number of hydrazine groups is 1. The average Bonchev–Trinajstić information content (AvgIpc) is 2.80. The fourth-order valence-corrected chi connectivity index (χ4v) is 1.59. The summed E-state index contributed by atoms with van der Waals surface area (Å²) in [6, 6.07) is 6.73. The molecule has 0 aliphatic rings. The topological polar surface area (TPSA) is 80.6 Å². The highest BCUT2D eigenvalue weighted by Crippen LogP contribution is 2.16. The van der Waals surface area contributed by atoms with Crippen LogP contribution in [0.4, 0.5) is 4.79 Å². The molecule has 0 saturated carbocycles. The Morgan fingerprint density at radius 3 is 2.60 bits per heavy atom. The minimum atomic E-state index is -0.713. The van der Waals surface area contributed by atoms with E-state index in [1.807, 2.05) is 0 Å². The maximum atomic E-state index is 11.9. The van der Waals surface area contributed by atoms with Crippen molar-refractivity contribution in [3.63, 3.8) is 0 Å². The third-order valence-electron chi connectivity index (χ3n) is 2.39. The second kappa shape index (κ2) is 5.24. The molecule has 6 nitrogen and oxygen atoms in total. The molecule has 0 aliphatic heterocycles. The first-order valence-corrected chi connectivity index (χ1v) is 6.12. The molecule has 0 atom stereocenters. The zero-order valence-electron chi connectivity index (χ0n) is 11.5. The number of nitrogens with one attached hydrogen (secondary N) is 2. The number of carbonyl (C=O) groups is 2. The molecule has 2 aromatic rings. The van der Waals surface area contributed by atoms with Crippen LogP contribution in [0.3, 0.4) is 0 Å². The fourth-order valence-electron chi connectivity index (χ4n) is 1.59. The van der Waals surface area contributed by atoms with E-state index in [-0.39, 0.29) is 0 Å². The highest BCUT2D eigenvalue weighted by atomic mass is 16.6. The van der Waals surface area contributed by atoms with Crippen molar-refractivity contribution in [2.45, 2.75) is 26.4 Å². The third kappa shape index (κ3) is 3.50. The molecule has 6 heteroatoms. The largest absolute Gasteiger partial charge is 0.464 e. The van der Waals surface area contributed by atoms with Crippen molar-refractivity contribution in [2.24, 2.45) is 0 Å². The van der Waals surface area contributed by atoms with E-state index in [9.17, 15) is 9.59 Å². The smallest absolute Gasteiger partial charge is 0.426 e. The molecule has 1 aromatic carbocycles. The summed E-state index contributed by atoms with van der Waals surface area (Å²) < 4.78 is 10.2. The van der Waals surface area contributed by atoms with Gasteiger partial charge in [0, 0.05) is 10.9 Å². The van der Waals surface area contributed by atoms with Gasteiger partial charge in [-0.3, -0.25) is 10.2 Å². The summed E-state index contributed by atoms with van der Waals surface area (Å²) in [7, 11) is 0. The van der Waals surface area contributed by atoms with Crippen LogP contribution in [0.5, 0.6) is 0 Å². The van der Waals surface area contributed by atoms with Crippen LogP contribution >= 0.6 is 0 Å². The molecule has 0 radical (unpaired) electrons. The van der Waals surface area contributed by atoms with E-state index in [1.54, 1.807) is 51.3 Å². The van der Waals surface area contributed by atoms with Crippen molar-refractivity contribution >= 4 is 23.0 Å². The highest BCUT2D eigenvalue weighted by molar-refractivity contribution is 5.98. The molecule has 0 fully saturated rings. The number of amides is 2. The number of hydrogen-bond donors (Lipinski definition) is 2. The fraction of sp³-hybridized carbons (Fsp3) is 0.286. The zero-order valence-corrected chi connectivity index (χ0v) is 11.5. The standard InChI is InChI=1S/C14H16N2O4/c1-14(2,3)20-13(18)16-15-12(17)10-4-5-11-9(8-10)6-7-19-11/h4-8H,1-3H3,(H,15,17)(H,16,18). The van der Waals surface area contributed by atoms with Gasteiger partial charge in [0.25, 0.3) is 5.91 Å². The Morgan fingerprint density at radius 2 is 1.90 bits per heavy atom. The first-order chi connectivity index (χ1) is 9.35. The van der Waals surface area contributed by atoms with Crippen molar-refractivity contribution in [1.29, 1.82) is 0 Å². The van der Waals surface area contributed by atoms with E-state index in [0.29, 0.717) is 11.1 Å². The molecule has 0 spiro atoms. The molecule has 2 N–H and O–H groups in total. The van der Waals surface area contributed by atoms with Crippen molar-refractivity contribution in [2.75, 3.05) is 0 Å². The van der Waals surface area contributed by atoms with E-state index in [1.165, 1.54) is 0 Å². The van der Waals surface area contributed by atoms with Crippen LogP contribution in [-0.2, 0) is 4.74 Å². The van der Waals surface area contributed by atoms with Gasteiger partial charge in [0.1, 0.15) is 11.2 Å². The van der Waals surface area contributed by atoms with Gasteiger partial charge in [0.2, 0.25) is 0 Å². The van der Waals surface area contributed by atoms with Crippen LogP contribution in [0, 0.1) is 0 Å². The minimum Gasteiger partial charge on any atom is -0.464 e. The molecule has 20 heavy (non-hydrogen) atoms. The lowest BCUT2D eigenvalue weighted by Gasteiger charge is -2.19. The monoisotopic (exact) mass is 276 g/mol. The lowest BCUT2D eigenvalue weighted by Crippen LogP contribution is -2.44. The van der Waals surface area contributed by atoms with Gasteiger partial charge in [-0.05, 0) is 45.0 Å². The molecular formula is C14H16N2O4. The van der Waals surface area contributed by atoms with Crippen LogP contribution in [0.15, 0.2) is 34.9 Å². The summed E-state index contributed by atoms with van der Waals surface area (Å²) in [6.07, 6.45) is 0.834. The van der Waals surface area contributed by atoms with Crippen LogP contribution in [0.1, 0.15) is 31.1 Å². The van der Waals surface area contributed by atoms with E-state index < -0.39 is 17.6 Å². The molecule has 1 heterocycles. The third-order valence-corrected chi connectivity index (χ3v) is 2.39. The molecule has 2 amide bonds. The van der Waals surface area contributed by atoms with Crippen LogP contribution in [-0.4, -0.2) is 17.6 Å². The van der Waals surface area contributed by atoms with Gasteiger partial charge in [-0.15, -0.1) is 0 Å². The zero-order chi connectivity index (χ0) is 14.8. The Bertz CT molecular complexity index is 640. The van der Waals surface area contributed by atoms with Gasteiger partial charge in [0.05, 0.1) is 6.26 Å². The Morgan fingerprint density at radius 1 is 1.15 bits per heavy atom. The summed E-state index contributed by atoms with van der Waals surface area (Å²) in [5.74, 6) is -0.432. The van der Waals surface area contributed by atoms with Gasteiger partial charge >= 0.3 is 6.09 Å². The van der Waals surface area contributed by atoms with Gasteiger partial charge in [0.15, 0.2) is 0 Å². The van der Waals surface area contributed by atoms with Crippen LogP contribution in [0.2, 0.25) is 0 Å². The second-order valence-electron chi connectivity index (χ2n) is 5.25. The Kier molecular flexibility index (Phi) is 3.65. The number of benzene rings is 1. The summed E-state index contributed by atoms with van der Waals surface area (Å²) in [5, 5.41) is 0.815. The predicted octanol–water partition coefficient (Wildman–Crippen LogP) is 2.60. The van der Waals surface area contributed by atoms with Crippen LogP contribution < -0.4 is 10.9 Å². The molecule has 0 unspecified atom stereocenters. The van der Waals surface area contributed by atoms with E-state index in [0.717, 1.165) is 5.39 Å². The second-order valence-corrected chi connectivity index (χ2v) is 5.25. The molecule has 0 saturated heterocycles. The number of carbonyl (C=O) groups excluding carboxylic acids is 2. The van der Waals surface area contributed by atoms with Crippen molar-refractivity contribution in [3.05, 3.63) is 36.1 Å². The van der Waals surface area contributed by atoms with Gasteiger partial charge in [-0.25, -0.2) is 10.2 Å². The maximum absolute atomic E-state index is 11.9. The lowest BCUT2D eigenvalue weighted by molar-refractivity contribution is 0.0483. The summed E-state index contributed by atoms with van der Waals surface area (Å²) in [4.78, 5) is 23.3. The van der Waals surface area contributed by atoms with E-state index in [2.05, 4.69) is 10.9 Å². The first-order valence-electron chi connectivity index (χ1n) is 6.12. The maximum Gasteiger partial charge on any atom is 0.426 e. The summed E-state index contributed by atoms with van der Waals surface area (Å²) in [5.41, 5.74) is 4.97. The Labute approximate surface area is 116 Å². The number of ether oxygens (including phenoxy) is 1. The number of rotatable bonds is 1. The SMILES string of the molecule is CC(C)(C)OC(=O)NNC(=O)c1ccc2occc2c1. The normalized spacial score (nSPS) is 11.2. The Hall–Kier alpha value is -2.50. The van der Waals surface area contributed by atoms with Crippen LogP contribution in [0.25, 0.3) is 11.0 Å². The van der Waals surface area contributed by atoms with Crippen molar-refractivity contribution < 1.29 is 18.7 Å². The van der Waals surface area contributed by atoms with Crippen molar-refractivity contribution in [1.82, 2.24) is 10.9 Å². The number of furan rings is 1. The molecule has 0 bridgehead atoms. The van der Waals surface area contributed by atoms with Gasteiger partial charge in [-0.1, -0.05) is 0 Å². The quantitative estimate of drug-likeness (QED) is 0.784.